The van der Waals surface area contributed by atoms with Gasteiger partial charge in [-0.3, -0.25) is 0 Å². The van der Waals surface area contributed by atoms with Crippen LogP contribution in [0.4, 0.5) is 10.3 Å². The lowest BCUT2D eigenvalue weighted by Crippen LogP contribution is -2.36. The molecule has 0 spiro atoms. The third kappa shape index (κ3) is 2.98. The number of halogens is 1. The molecule has 26 heavy (non-hydrogen) atoms. The van der Waals surface area contributed by atoms with E-state index >= 15 is 0 Å². The van der Waals surface area contributed by atoms with Gasteiger partial charge in [-0.25, -0.2) is 14.4 Å². The minimum atomic E-state index is -0.858. The van der Waals surface area contributed by atoms with Crippen molar-refractivity contribution in [2.45, 2.75) is 31.5 Å². The molecule has 1 aromatic carbocycles. The largest absolute Gasteiger partial charge is 0.507 e. The molecule has 7 nitrogen and oxygen atoms in total. The molecule has 0 aliphatic heterocycles. The molecule has 4 rings (SSSR count). The Labute approximate surface area is 150 Å². The Morgan fingerprint density at radius 3 is 2.77 bits per heavy atom. The van der Waals surface area contributed by atoms with Crippen molar-refractivity contribution in [2.24, 2.45) is 0 Å². The van der Waals surface area contributed by atoms with Crippen LogP contribution in [0.15, 0.2) is 43.1 Å². The molecule has 0 bridgehead atoms. The highest BCUT2D eigenvalue weighted by Crippen LogP contribution is 2.31. The maximum absolute atomic E-state index is 13.9. The molecule has 8 heteroatoms. The molecule has 1 saturated carbocycles. The third-order valence-corrected chi connectivity index (χ3v) is 4.82. The monoisotopic (exact) mass is 354 g/mol. The number of alkyl halides is 1. The summed E-state index contributed by atoms with van der Waals surface area (Å²) in [5, 5.41) is 18.6. The predicted molar refractivity (Wildman–Crippen MR) is 95.0 cm³/mol. The summed E-state index contributed by atoms with van der Waals surface area (Å²) in [6.45, 7) is 0. The number of aromatic hydroxyl groups is 1. The first kappa shape index (κ1) is 16.4. The summed E-state index contributed by atoms with van der Waals surface area (Å²) < 4.78 is 15.7. The molecule has 0 saturated heterocycles. The van der Waals surface area contributed by atoms with Gasteiger partial charge in [0.1, 0.15) is 17.6 Å². The van der Waals surface area contributed by atoms with Crippen LogP contribution in [0.2, 0.25) is 0 Å². The van der Waals surface area contributed by atoms with Crippen LogP contribution in [0.5, 0.6) is 5.75 Å². The second-order valence-corrected chi connectivity index (χ2v) is 6.44. The van der Waals surface area contributed by atoms with Gasteiger partial charge in [-0.15, -0.1) is 10.2 Å². The highest BCUT2D eigenvalue weighted by molar-refractivity contribution is 5.68. The second-order valence-electron chi connectivity index (χ2n) is 6.44. The summed E-state index contributed by atoms with van der Waals surface area (Å²) in [5.41, 5.74) is 1.78. The van der Waals surface area contributed by atoms with Gasteiger partial charge < -0.3 is 14.6 Å². The van der Waals surface area contributed by atoms with Crippen molar-refractivity contribution in [1.82, 2.24) is 24.7 Å². The number of aromatic nitrogens is 5. The van der Waals surface area contributed by atoms with Crippen molar-refractivity contribution in [3.63, 3.8) is 0 Å². The van der Waals surface area contributed by atoms with Gasteiger partial charge in [-0.2, -0.15) is 0 Å². The fourth-order valence-corrected chi connectivity index (χ4v) is 3.34. The zero-order valence-corrected chi connectivity index (χ0v) is 14.3. The van der Waals surface area contributed by atoms with E-state index in [1.165, 1.54) is 0 Å². The van der Waals surface area contributed by atoms with Crippen molar-refractivity contribution in [3.05, 3.63) is 43.1 Å². The number of nitrogens with zero attached hydrogens (tertiary/aromatic N) is 6. The third-order valence-electron chi connectivity index (χ3n) is 4.82. The Balaban J connectivity index is 1.57. The Morgan fingerprint density at radius 1 is 1.27 bits per heavy atom. The lowest BCUT2D eigenvalue weighted by Gasteiger charge is -2.25. The van der Waals surface area contributed by atoms with Gasteiger partial charge in [0, 0.05) is 31.1 Å². The van der Waals surface area contributed by atoms with Crippen LogP contribution >= 0.6 is 0 Å². The average Bonchev–Trinajstić information content (AvgIpc) is 3.33. The summed E-state index contributed by atoms with van der Waals surface area (Å²) in [4.78, 5) is 10.0. The van der Waals surface area contributed by atoms with Crippen molar-refractivity contribution < 1.29 is 9.50 Å². The lowest BCUT2D eigenvalue weighted by molar-refractivity contribution is 0.305. The molecule has 2 aromatic heterocycles. The smallest absolute Gasteiger partial charge is 0.245 e. The highest BCUT2D eigenvalue weighted by atomic mass is 19.1. The van der Waals surface area contributed by atoms with Gasteiger partial charge in [-0.1, -0.05) is 0 Å². The molecule has 2 atom stereocenters. The summed E-state index contributed by atoms with van der Waals surface area (Å²) in [6.07, 6.45) is 8.05. The Bertz CT molecular complexity index is 883. The number of rotatable bonds is 4. The number of anilines is 1. The van der Waals surface area contributed by atoms with E-state index in [9.17, 15) is 9.50 Å². The van der Waals surface area contributed by atoms with Crippen molar-refractivity contribution in [3.8, 4) is 22.7 Å². The number of imidazole rings is 1. The molecule has 1 fully saturated rings. The summed E-state index contributed by atoms with van der Waals surface area (Å²) in [5.74, 6) is 0.464. The van der Waals surface area contributed by atoms with Crippen molar-refractivity contribution in [1.29, 1.82) is 0 Å². The maximum atomic E-state index is 13.9. The topological polar surface area (TPSA) is 80.0 Å². The van der Waals surface area contributed by atoms with Gasteiger partial charge in [0.2, 0.25) is 5.95 Å². The van der Waals surface area contributed by atoms with Crippen molar-refractivity contribution in [2.75, 3.05) is 11.9 Å². The first-order valence-electron chi connectivity index (χ1n) is 8.52. The average molecular weight is 354 g/mol. The number of phenols is 1. The zero-order valence-electron chi connectivity index (χ0n) is 14.3. The molecule has 0 radical (unpaired) electrons. The molecule has 134 valence electrons. The molecule has 1 aliphatic carbocycles. The summed E-state index contributed by atoms with van der Waals surface area (Å²) >= 11 is 0. The van der Waals surface area contributed by atoms with Gasteiger partial charge in [0.05, 0.1) is 24.3 Å². The first-order chi connectivity index (χ1) is 12.6. The summed E-state index contributed by atoms with van der Waals surface area (Å²) in [7, 11) is 1.79. The van der Waals surface area contributed by atoms with E-state index in [0.29, 0.717) is 23.6 Å². The van der Waals surface area contributed by atoms with Gasteiger partial charge in [-0.05, 0) is 31.4 Å². The summed E-state index contributed by atoms with van der Waals surface area (Å²) in [6, 6.07) is 5.04. The SMILES string of the molecule is CN(c1ncc(-c2ccc(-n3ccnc3)cc2O)nn1)[C@@H]1CCC[C@@H]1F. The van der Waals surface area contributed by atoms with E-state index in [2.05, 4.69) is 20.2 Å². The van der Waals surface area contributed by atoms with Gasteiger partial charge >= 0.3 is 0 Å². The molecule has 0 amide bonds. The van der Waals surface area contributed by atoms with E-state index in [1.807, 2.05) is 6.07 Å². The molecular formula is C18H19FN6O. The Hall–Kier alpha value is -3.03. The predicted octanol–water partition coefficient (Wildman–Crippen LogP) is 2.76. The molecule has 0 unspecified atom stereocenters. The Kier molecular flexibility index (Phi) is 4.24. The minimum Gasteiger partial charge on any atom is -0.507 e. The number of phenolic OH excluding ortho intramolecular Hbond substituents is 1. The van der Waals surface area contributed by atoms with Crippen molar-refractivity contribution >= 4 is 5.95 Å². The second kappa shape index (κ2) is 6.70. The molecule has 1 aliphatic rings. The van der Waals surface area contributed by atoms with Crippen LogP contribution in [0.1, 0.15) is 19.3 Å². The first-order valence-corrected chi connectivity index (χ1v) is 8.52. The molecule has 3 aromatic rings. The van der Waals surface area contributed by atoms with Crippen LogP contribution in [0.3, 0.4) is 0 Å². The van der Waals surface area contributed by atoms with Crippen LogP contribution in [0, 0.1) is 0 Å². The highest BCUT2D eigenvalue weighted by Gasteiger charge is 2.31. The zero-order chi connectivity index (χ0) is 18.1. The lowest BCUT2D eigenvalue weighted by atomic mass is 10.1. The number of hydrogen-bond donors (Lipinski definition) is 1. The van der Waals surface area contributed by atoms with Gasteiger partial charge in [0.25, 0.3) is 0 Å². The quantitative estimate of drug-likeness (QED) is 0.776. The van der Waals surface area contributed by atoms with E-state index in [-0.39, 0.29) is 11.8 Å². The van der Waals surface area contributed by atoms with Crippen LogP contribution in [0.25, 0.3) is 16.9 Å². The number of benzene rings is 1. The normalized spacial score (nSPS) is 19.6. The molecular weight excluding hydrogens is 335 g/mol. The van der Waals surface area contributed by atoms with Crippen LogP contribution in [-0.2, 0) is 0 Å². The number of hydrogen-bond acceptors (Lipinski definition) is 6. The minimum absolute atomic E-state index is 0.0769. The van der Waals surface area contributed by atoms with E-state index in [4.69, 9.17) is 0 Å². The van der Waals surface area contributed by atoms with E-state index < -0.39 is 6.17 Å². The fraction of sp³-hybridized carbons (Fsp3) is 0.333. The van der Waals surface area contributed by atoms with Crippen LogP contribution in [-0.4, -0.2) is 49.1 Å². The van der Waals surface area contributed by atoms with Crippen LogP contribution < -0.4 is 4.90 Å². The Morgan fingerprint density at radius 2 is 2.15 bits per heavy atom. The standard InChI is InChI=1S/C18H19FN6O/c1-24(16-4-2-3-14(16)19)18-21-10-15(22-23-18)13-6-5-12(9-17(13)26)25-8-7-20-11-25/h5-11,14,16,26H,2-4H2,1H3/t14-,16+/m0/s1. The fourth-order valence-electron chi connectivity index (χ4n) is 3.34. The van der Waals surface area contributed by atoms with E-state index in [0.717, 1.165) is 18.5 Å². The maximum Gasteiger partial charge on any atom is 0.245 e. The van der Waals surface area contributed by atoms with Gasteiger partial charge in [0.15, 0.2) is 0 Å². The van der Waals surface area contributed by atoms with E-state index in [1.54, 1.807) is 53.6 Å². The molecule has 1 N–H and O–H groups in total. The molecule has 2 heterocycles.